The molecule has 3 heterocycles. The molecule has 1 aliphatic heterocycles. The van der Waals surface area contributed by atoms with Crippen LogP contribution in [0.2, 0.25) is 0 Å². The van der Waals surface area contributed by atoms with Gasteiger partial charge in [-0.05, 0) is 60.2 Å². The summed E-state index contributed by atoms with van der Waals surface area (Å²) in [4.78, 5) is 32.3. The van der Waals surface area contributed by atoms with Gasteiger partial charge in [0.2, 0.25) is 5.78 Å². The van der Waals surface area contributed by atoms with E-state index < -0.39 is 17.7 Å². The third-order valence-corrected chi connectivity index (χ3v) is 5.92. The third kappa shape index (κ3) is 2.82. The first-order valence-corrected chi connectivity index (χ1v) is 9.69. The fourth-order valence-corrected chi connectivity index (χ4v) is 4.16. The van der Waals surface area contributed by atoms with Crippen molar-refractivity contribution in [2.45, 2.75) is 19.9 Å². The van der Waals surface area contributed by atoms with Gasteiger partial charge < -0.3 is 5.11 Å². The smallest absolute Gasteiger partial charge is 0.294 e. The molecule has 1 aromatic carbocycles. The summed E-state index contributed by atoms with van der Waals surface area (Å²) in [5.74, 6) is -1.41. The van der Waals surface area contributed by atoms with Crippen LogP contribution in [0.1, 0.15) is 32.4 Å². The van der Waals surface area contributed by atoms with Crippen molar-refractivity contribution in [1.82, 2.24) is 4.98 Å². The van der Waals surface area contributed by atoms with Crippen LogP contribution in [0.15, 0.2) is 71.6 Å². The topological polar surface area (TPSA) is 70.5 Å². The fourth-order valence-electron chi connectivity index (χ4n) is 3.48. The monoisotopic (exact) mass is 390 g/mol. The first kappa shape index (κ1) is 18.1. The minimum Gasteiger partial charge on any atom is -0.503 e. The van der Waals surface area contributed by atoms with Crippen LogP contribution in [-0.2, 0) is 4.79 Å². The molecule has 1 atom stereocenters. The normalized spacial score (nSPS) is 16.7. The second kappa shape index (κ2) is 7.05. The van der Waals surface area contributed by atoms with Crippen LogP contribution in [-0.4, -0.2) is 21.8 Å². The number of ketones is 1. The molecule has 2 aromatic heterocycles. The van der Waals surface area contributed by atoms with Gasteiger partial charge in [-0.2, -0.15) is 0 Å². The molecule has 3 aromatic rings. The number of thiophene rings is 1. The van der Waals surface area contributed by atoms with Gasteiger partial charge in [0.25, 0.3) is 5.91 Å². The van der Waals surface area contributed by atoms with E-state index in [0.29, 0.717) is 16.1 Å². The molecule has 0 radical (unpaired) electrons. The number of aryl methyl sites for hydroxylation is 1. The van der Waals surface area contributed by atoms with Crippen LogP contribution in [0.5, 0.6) is 0 Å². The summed E-state index contributed by atoms with van der Waals surface area (Å²) >= 11 is 1.28. The predicted octanol–water partition coefficient (Wildman–Crippen LogP) is 4.54. The van der Waals surface area contributed by atoms with E-state index in [4.69, 9.17) is 0 Å². The summed E-state index contributed by atoms with van der Waals surface area (Å²) in [5.41, 5.74) is 3.43. The number of anilines is 1. The second-order valence-electron chi connectivity index (χ2n) is 6.65. The lowest BCUT2D eigenvalue weighted by Crippen LogP contribution is -2.31. The van der Waals surface area contributed by atoms with Gasteiger partial charge in [0.1, 0.15) is 0 Å². The van der Waals surface area contributed by atoms with Crippen LogP contribution >= 0.6 is 11.3 Å². The lowest BCUT2D eigenvalue weighted by atomic mass is 9.95. The summed E-state index contributed by atoms with van der Waals surface area (Å²) < 4.78 is 0. The second-order valence-corrected chi connectivity index (χ2v) is 7.59. The van der Waals surface area contributed by atoms with E-state index in [1.165, 1.54) is 16.2 Å². The highest BCUT2D eigenvalue weighted by atomic mass is 32.1. The Labute approximate surface area is 166 Å². The summed E-state index contributed by atoms with van der Waals surface area (Å²) in [6.45, 7) is 3.89. The highest BCUT2D eigenvalue weighted by Crippen LogP contribution is 2.43. The Hall–Kier alpha value is -3.25. The molecule has 140 valence electrons. The van der Waals surface area contributed by atoms with Crippen molar-refractivity contribution in [3.63, 3.8) is 0 Å². The predicted molar refractivity (Wildman–Crippen MR) is 109 cm³/mol. The molecule has 4 rings (SSSR count). The molecule has 0 aliphatic carbocycles. The number of nitrogens with zero attached hydrogens (tertiary/aromatic N) is 2. The summed E-state index contributed by atoms with van der Waals surface area (Å²) in [5, 5.41) is 12.5. The Kier molecular flexibility index (Phi) is 4.57. The molecule has 1 N–H and O–H groups in total. The molecule has 0 saturated heterocycles. The van der Waals surface area contributed by atoms with E-state index in [0.717, 1.165) is 11.1 Å². The molecule has 0 spiro atoms. The van der Waals surface area contributed by atoms with Crippen molar-refractivity contribution < 1.29 is 14.7 Å². The van der Waals surface area contributed by atoms with E-state index in [9.17, 15) is 14.7 Å². The fraction of sp³-hybridized carbons (Fsp3) is 0.136. The average Bonchev–Trinajstić information content (AvgIpc) is 3.32. The molecule has 1 aliphatic rings. The SMILES string of the molecule is Cc1cccc(N2C(=O)C(O)=C(C(=O)c3cccs3)C2c2ccncc2)c1C. The lowest BCUT2D eigenvalue weighted by molar-refractivity contribution is -0.117. The maximum atomic E-state index is 13.2. The van der Waals surface area contributed by atoms with Crippen molar-refractivity contribution in [3.05, 3.63) is 93.1 Å². The van der Waals surface area contributed by atoms with Crippen molar-refractivity contribution in [2.75, 3.05) is 4.90 Å². The minimum absolute atomic E-state index is 0.0968. The number of carbonyl (C=O) groups excluding carboxylic acids is 2. The van der Waals surface area contributed by atoms with Gasteiger partial charge in [-0.15, -0.1) is 11.3 Å². The first-order valence-electron chi connectivity index (χ1n) is 8.81. The molecular formula is C22H18N2O3S. The number of aromatic nitrogens is 1. The molecule has 1 amide bonds. The van der Waals surface area contributed by atoms with Crippen LogP contribution in [0.4, 0.5) is 5.69 Å². The highest BCUT2D eigenvalue weighted by molar-refractivity contribution is 7.12. The van der Waals surface area contributed by atoms with E-state index in [2.05, 4.69) is 4.98 Å². The molecule has 0 saturated carbocycles. The molecule has 6 heteroatoms. The number of aliphatic hydroxyl groups excluding tert-OH is 1. The van der Waals surface area contributed by atoms with Crippen molar-refractivity contribution in [1.29, 1.82) is 0 Å². The number of carbonyl (C=O) groups is 2. The maximum Gasteiger partial charge on any atom is 0.294 e. The Bertz CT molecular complexity index is 1090. The number of hydrogen-bond donors (Lipinski definition) is 1. The Balaban J connectivity index is 1.92. The maximum absolute atomic E-state index is 13.2. The van der Waals surface area contributed by atoms with Gasteiger partial charge in [0.05, 0.1) is 16.5 Å². The zero-order valence-corrected chi connectivity index (χ0v) is 16.2. The van der Waals surface area contributed by atoms with Gasteiger partial charge in [0.15, 0.2) is 5.76 Å². The third-order valence-electron chi connectivity index (χ3n) is 5.06. The van der Waals surface area contributed by atoms with E-state index in [1.54, 1.807) is 42.0 Å². The first-order chi connectivity index (χ1) is 13.5. The summed E-state index contributed by atoms with van der Waals surface area (Å²) in [7, 11) is 0. The Morgan fingerprint density at radius 1 is 1.11 bits per heavy atom. The average molecular weight is 390 g/mol. The molecule has 0 fully saturated rings. The highest BCUT2D eigenvalue weighted by Gasteiger charge is 2.45. The number of amides is 1. The van der Waals surface area contributed by atoms with Crippen LogP contribution in [0.3, 0.4) is 0 Å². The van der Waals surface area contributed by atoms with Crippen molar-refractivity contribution >= 4 is 28.7 Å². The number of hydrogen-bond acceptors (Lipinski definition) is 5. The summed E-state index contributed by atoms with van der Waals surface area (Å²) in [6, 6.07) is 11.9. The molecule has 1 unspecified atom stereocenters. The van der Waals surface area contributed by atoms with Gasteiger partial charge in [0, 0.05) is 18.1 Å². The van der Waals surface area contributed by atoms with Gasteiger partial charge in [-0.25, -0.2) is 0 Å². The number of Topliss-reactive ketones (excluding diaryl/α,β-unsaturated/α-hetero) is 1. The lowest BCUT2D eigenvalue weighted by Gasteiger charge is -2.28. The van der Waals surface area contributed by atoms with Crippen LogP contribution in [0.25, 0.3) is 0 Å². The molecular weight excluding hydrogens is 372 g/mol. The number of benzene rings is 1. The van der Waals surface area contributed by atoms with Gasteiger partial charge >= 0.3 is 0 Å². The molecule has 0 bridgehead atoms. The molecule has 5 nitrogen and oxygen atoms in total. The van der Waals surface area contributed by atoms with E-state index in [1.807, 2.05) is 32.0 Å². The summed E-state index contributed by atoms with van der Waals surface area (Å²) in [6.07, 6.45) is 3.23. The Morgan fingerprint density at radius 3 is 2.54 bits per heavy atom. The standard InChI is InChI=1S/C22H18N2O3S/c1-13-5-3-6-16(14(13)2)24-19(15-8-10-23-11-9-15)18(21(26)22(24)27)20(25)17-7-4-12-28-17/h3-12,19,26H,1-2H3. The van der Waals surface area contributed by atoms with Gasteiger partial charge in [-0.3, -0.25) is 19.5 Å². The van der Waals surface area contributed by atoms with Crippen LogP contribution in [0, 0.1) is 13.8 Å². The van der Waals surface area contributed by atoms with Gasteiger partial charge in [-0.1, -0.05) is 18.2 Å². The van der Waals surface area contributed by atoms with Crippen molar-refractivity contribution in [2.24, 2.45) is 0 Å². The largest absolute Gasteiger partial charge is 0.503 e. The minimum atomic E-state index is -0.717. The van der Waals surface area contributed by atoms with Crippen molar-refractivity contribution in [3.8, 4) is 0 Å². The Morgan fingerprint density at radius 2 is 1.86 bits per heavy atom. The van der Waals surface area contributed by atoms with E-state index in [-0.39, 0.29) is 11.4 Å². The van der Waals surface area contributed by atoms with E-state index >= 15 is 0 Å². The number of pyridine rings is 1. The van der Waals surface area contributed by atoms with Crippen LogP contribution < -0.4 is 4.90 Å². The zero-order valence-electron chi connectivity index (χ0n) is 15.4. The molecule has 28 heavy (non-hydrogen) atoms. The number of rotatable bonds is 4. The quantitative estimate of drug-likeness (QED) is 0.664. The zero-order chi connectivity index (χ0) is 19.8. The number of aliphatic hydroxyl groups is 1.